The number of nitrogens with two attached hydrogens (primary N) is 1. The van der Waals surface area contributed by atoms with E-state index in [0.29, 0.717) is 17.2 Å². The Morgan fingerprint density at radius 2 is 2.30 bits per heavy atom. The lowest BCUT2D eigenvalue weighted by molar-refractivity contribution is 0.0480. The Bertz CT molecular complexity index is 485. The average molecular weight is 298 g/mol. The summed E-state index contributed by atoms with van der Waals surface area (Å²) < 4.78 is 5.00. The highest BCUT2D eigenvalue weighted by Crippen LogP contribution is 2.35. The van der Waals surface area contributed by atoms with Gasteiger partial charge >= 0.3 is 5.97 Å². The van der Waals surface area contributed by atoms with Gasteiger partial charge in [-0.15, -0.1) is 11.3 Å². The van der Waals surface area contributed by atoms with Gasteiger partial charge in [-0.05, 0) is 39.2 Å². The number of nitrogens with zero attached hydrogens (tertiary/aromatic N) is 1. The standard InChI is InChI=1S/C14H22N2O3S/c1-3-19-13(17)12-10(15)9-11(20-12)16-7-4-5-14(2,18)6-8-16/h9,18H,3-8,15H2,1-2H3. The van der Waals surface area contributed by atoms with Crippen molar-refractivity contribution in [1.82, 2.24) is 0 Å². The van der Waals surface area contributed by atoms with Crippen molar-refractivity contribution in [3.8, 4) is 0 Å². The zero-order chi connectivity index (χ0) is 14.8. The monoisotopic (exact) mass is 298 g/mol. The Morgan fingerprint density at radius 3 is 3.00 bits per heavy atom. The molecular weight excluding hydrogens is 276 g/mol. The highest BCUT2D eigenvalue weighted by atomic mass is 32.1. The first kappa shape index (κ1) is 15.1. The van der Waals surface area contributed by atoms with E-state index in [2.05, 4.69) is 4.90 Å². The maximum atomic E-state index is 11.8. The van der Waals surface area contributed by atoms with Crippen molar-refractivity contribution in [3.63, 3.8) is 0 Å². The van der Waals surface area contributed by atoms with Crippen molar-refractivity contribution < 1.29 is 14.6 Å². The van der Waals surface area contributed by atoms with Crippen LogP contribution in [0.1, 0.15) is 42.8 Å². The van der Waals surface area contributed by atoms with Gasteiger partial charge in [0.05, 0.1) is 22.9 Å². The van der Waals surface area contributed by atoms with Gasteiger partial charge in [-0.3, -0.25) is 0 Å². The van der Waals surface area contributed by atoms with Gasteiger partial charge in [0.1, 0.15) is 4.88 Å². The van der Waals surface area contributed by atoms with Gasteiger partial charge in [0.25, 0.3) is 0 Å². The number of esters is 1. The molecule has 0 amide bonds. The number of rotatable bonds is 3. The van der Waals surface area contributed by atoms with E-state index >= 15 is 0 Å². The third kappa shape index (κ3) is 3.43. The van der Waals surface area contributed by atoms with E-state index in [4.69, 9.17) is 10.5 Å². The van der Waals surface area contributed by atoms with Gasteiger partial charge in [-0.1, -0.05) is 0 Å². The fraction of sp³-hybridized carbons (Fsp3) is 0.643. The molecular formula is C14H22N2O3S. The van der Waals surface area contributed by atoms with E-state index in [9.17, 15) is 9.90 Å². The van der Waals surface area contributed by atoms with E-state index in [-0.39, 0.29) is 5.97 Å². The van der Waals surface area contributed by atoms with E-state index in [1.54, 1.807) is 6.92 Å². The molecule has 1 atom stereocenters. The first-order valence-corrected chi connectivity index (χ1v) is 7.78. The Balaban J connectivity index is 2.13. The fourth-order valence-corrected chi connectivity index (χ4v) is 3.41. The molecule has 1 aromatic rings. The molecule has 3 N–H and O–H groups in total. The molecule has 0 radical (unpaired) electrons. The molecule has 1 aromatic heterocycles. The number of aliphatic hydroxyl groups is 1. The molecule has 20 heavy (non-hydrogen) atoms. The molecule has 6 heteroatoms. The molecule has 1 unspecified atom stereocenters. The summed E-state index contributed by atoms with van der Waals surface area (Å²) in [4.78, 5) is 14.4. The minimum atomic E-state index is -0.596. The lowest BCUT2D eigenvalue weighted by Gasteiger charge is -2.22. The molecule has 112 valence electrons. The van der Waals surface area contributed by atoms with E-state index < -0.39 is 5.60 Å². The molecule has 1 fully saturated rings. The largest absolute Gasteiger partial charge is 0.462 e. The van der Waals surface area contributed by atoms with Gasteiger partial charge in [-0.25, -0.2) is 4.79 Å². The quantitative estimate of drug-likeness (QED) is 0.837. The lowest BCUT2D eigenvalue weighted by Crippen LogP contribution is -2.27. The molecule has 0 aromatic carbocycles. The molecule has 1 aliphatic heterocycles. The van der Waals surface area contributed by atoms with Crippen LogP contribution in [0.2, 0.25) is 0 Å². The van der Waals surface area contributed by atoms with Crippen LogP contribution in [0.15, 0.2) is 6.07 Å². The van der Waals surface area contributed by atoms with Gasteiger partial charge in [0.2, 0.25) is 0 Å². The molecule has 1 aliphatic rings. The van der Waals surface area contributed by atoms with E-state index in [1.165, 1.54) is 11.3 Å². The summed E-state index contributed by atoms with van der Waals surface area (Å²) in [5, 5.41) is 11.1. The molecule has 0 spiro atoms. The first-order chi connectivity index (χ1) is 9.43. The minimum Gasteiger partial charge on any atom is -0.462 e. The topological polar surface area (TPSA) is 75.8 Å². The molecule has 0 aliphatic carbocycles. The second-order valence-corrected chi connectivity index (χ2v) is 6.46. The average Bonchev–Trinajstić information content (AvgIpc) is 2.66. The Labute approximate surface area is 123 Å². The van der Waals surface area contributed by atoms with Gasteiger partial charge in [0, 0.05) is 13.1 Å². The van der Waals surface area contributed by atoms with Gasteiger partial charge in [0.15, 0.2) is 0 Å². The summed E-state index contributed by atoms with van der Waals surface area (Å²) in [5.41, 5.74) is 5.78. The van der Waals surface area contributed by atoms with Crippen molar-refractivity contribution in [2.75, 3.05) is 30.3 Å². The summed E-state index contributed by atoms with van der Waals surface area (Å²) >= 11 is 1.37. The van der Waals surface area contributed by atoms with E-state index in [0.717, 1.165) is 37.4 Å². The molecule has 2 heterocycles. The molecule has 0 saturated carbocycles. The van der Waals surface area contributed by atoms with Crippen LogP contribution in [-0.4, -0.2) is 36.4 Å². The van der Waals surface area contributed by atoms with Crippen LogP contribution in [0.3, 0.4) is 0 Å². The second kappa shape index (κ2) is 6.01. The SMILES string of the molecule is CCOC(=O)c1sc(N2CCCC(C)(O)CC2)cc1N. The van der Waals surface area contributed by atoms with E-state index in [1.807, 2.05) is 13.0 Å². The van der Waals surface area contributed by atoms with Crippen LogP contribution in [-0.2, 0) is 4.74 Å². The van der Waals surface area contributed by atoms with Crippen molar-refractivity contribution in [2.45, 2.75) is 38.7 Å². The smallest absolute Gasteiger partial charge is 0.350 e. The summed E-state index contributed by atoms with van der Waals surface area (Å²) in [6.07, 6.45) is 2.45. The highest BCUT2D eigenvalue weighted by Gasteiger charge is 2.26. The van der Waals surface area contributed by atoms with Crippen molar-refractivity contribution >= 4 is 28.0 Å². The number of nitrogen functional groups attached to an aromatic ring is 1. The molecule has 2 rings (SSSR count). The normalized spacial score (nSPS) is 23.4. The number of thiophene rings is 1. The molecule has 5 nitrogen and oxygen atoms in total. The Kier molecular flexibility index (Phi) is 4.55. The van der Waals surface area contributed by atoms with Crippen molar-refractivity contribution in [3.05, 3.63) is 10.9 Å². The summed E-state index contributed by atoms with van der Waals surface area (Å²) in [5.74, 6) is -0.358. The number of carbonyl (C=O) groups excluding carboxylic acids is 1. The molecule has 1 saturated heterocycles. The zero-order valence-corrected chi connectivity index (χ0v) is 12.8. The number of carbonyl (C=O) groups is 1. The maximum Gasteiger partial charge on any atom is 0.350 e. The fourth-order valence-electron chi connectivity index (χ4n) is 2.39. The predicted octanol–water partition coefficient (Wildman–Crippen LogP) is 2.25. The third-order valence-electron chi connectivity index (χ3n) is 3.58. The first-order valence-electron chi connectivity index (χ1n) is 6.97. The third-order valence-corrected chi connectivity index (χ3v) is 4.78. The van der Waals surface area contributed by atoms with Crippen LogP contribution in [0.4, 0.5) is 10.7 Å². The van der Waals surface area contributed by atoms with Gasteiger partial charge < -0.3 is 20.5 Å². The summed E-state index contributed by atoms with van der Waals surface area (Å²) in [6.45, 7) is 5.65. The second-order valence-electron chi connectivity index (χ2n) is 5.43. The highest BCUT2D eigenvalue weighted by molar-refractivity contribution is 7.18. The minimum absolute atomic E-state index is 0.345. The Morgan fingerprint density at radius 1 is 1.55 bits per heavy atom. The zero-order valence-electron chi connectivity index (χ0n) is 12.0. The Hall–Kier alpha value is -1.27. The van der Waals surface area contributed by atoms with Crippen molar-refractivity contribution in [1.29, 1.82) is 0 Å². The molecule has 0 bridgehead atoms. The number of hydrogen-bond acceptors (Lipinski definition) is 6. The predicted molar refractivity (Wildman–Crippen MR) is 81.4 cm³/mol. The van der Waals surface area contributed by atoms with Crippen LogP contribution in [0.5, 0.6) is 0 Å². The lowest BCUT2D eigenvalue weighted by atomic mass is 9.98. The summed E-state index contributed by atoms with van der Waals surface area (Å²) in [7, 11) is 0. The summed E-state index contributed by atoms with van der Waals surface area (Å²) in [6, 6.07) is 1.83. The van der Waals surface area contributed by atoms with Crippen LogP contribution in [0.25, 0.3) is 0 Å². The number of anilines is 2. The van der Waals surface area contributed by atoms with Crippen LogP contribution >= 0.6 is 11.3 Å². The van der Waals surface area contributed by atoms with Crippen LogP contribution in [0, 0.1) is 0 Å². The van der Waals surface area contributed by atoms with Crippen LogP contribution < -0.4 is 10.6 Å². The van der Waals surface area contributed by atoms with Gasteiger partial charge in [-0.2, -0.15) is 0 Å². The van der Waals surface area contributed by atoms with Crippen molar-refractivity contribution in [2.24, 2.45) is 0 Å². The maximum absolute atomic E-state index is 11.8. The number of hydrogen-bond donors (Lipinski definition) is 2. The number of ether oxygens (including phenoxy) is 1.